The summed E-state index contributed by atoms with van der Waals surface area (Å²) in [5.74, 6) is 0.373. The van der Waals surface area contributed by atoms with E-state index in [1.807, 2.05) is 25.1 Å². The van der Waals surface area contributed by atoms with Gasteiger partial charge in [0.05, 0.1) is 0 Å². The van der Waals surface area contributed by atoms with Crippen LogP contribution in [-0.2, 0) is 6.42 Å². The van der Waals surface area contributed by atoms with Gasteiger partial charge in [0.1, 0.15) is 5.60 Å². The highest BCUT2D eigenvalue weighted by atomic mass is 16.3. The minimum Gasteiger partial charge on any atom is -0.382 e. The van der Waals surface area contributed by atoms with Crippen molar-refractivity contribution in [2.24, 2.45) is 5.92 Å². The SMILES string of the molecule is CCC(C)(O)C(=O)c1cccc(CC(C)C)c1. The van der Waals surface area contributed by atoms with E-state index >= 15 is 0 Å². The molecule has 0 saturated heterocycles. The van der Waals surface area contributed by atoms with Crippen LogP contribution in [-0.4, -0.2) is 16.5 Å². The van der Waals surface area contributed by atoms with Gasteiger partial charge in [-0.3, -0.25) is 4.79 Å². The zero-order chi connectivity index (χ0) is 13.1. The molecular weight excluding hydrogens is 212 g/mol. The highest BCUT2D eigenvalue weighted by Gasteiger charge is 2.28. The fourth-order valence-corrected chi connectivity index (χ4v) is 1.78. The van der Waals surface area contributed by atoms with Crippen molar-refractivity contribution in [3.05, 3.63) is 35.4 Å². The molecule has 0 radical (unpaired) electrons. The lowest BCUT2D eigenvalue weighted by Crippen LogP contribution is -2.34. The number of rotatable bonds is 5. The number of hydrogen-bond donors (Lipinski definition) is 1. The fraction of sp³-hybridized carbons (Fsp3) is 0.533. The van der Waals surface area contributed by atoms with Gasteiger partial charge in [-0.1, -0.05) is 39.0 Å². The molecule has 1 aromatic rings. The van der Waals surface area contributed by atoms with Crippen molar-refractivity contribution in [1.82, 2.24) is 0 Å². The second kappa shape index (κ2) is 5.46. The van der Waals surface area contributed by atoms with Gasteiger partial charge in [0.2, 0.25) is 0 Å². The zero-order valence-electron chi connectivity index (χ0n) is 11.2. The summed E-state index contributed by atoms with van der Waals surface area (Å²) in [6.45, 7) is 7.69. The molecule has 2 heteroatoms. The monoisotopic (exact) mass is 234 g/mol. The second-order valence-electron chi connectivity index (χ2n) is 5.25. The summed E-state index contributed by atoms with van der Waals surface area (Å²) in [5.41, 5.74) is 0.504. The van der Waals surface area contributed by atoms with Crippen LogP contribution >= 0.6 is 0 Å². The Morgan fingerprint density at radius 3 is 2.59 bits per heavy atom. The Kier molecular flexibility index (Phi) is 4.47. The van der Waals surface area contributed by atoms with Gasteiger partial charge in [0, 0.05) is 5.56 Å². The van der Waals surface area contributed by atoms with E-state index in [0.717, 1.165) is 12.0 Å². The maximum absolute atomic E-state index is 12.1. The summed E-state index contributed by atoms with van der Waals surface area (Å²) in [5, 5.41) is 9.97. The molecule has 1 rings (SSSR count). The Labute approximate surface area is 104 Å². The summed E-state index contributed by atoms with van der Waals surface area (Å²) in [4.78, 5) is 12.1. The van der Waals surface area contributed by atoms with Crippen molar-refractivity contribution in [2.45, 2.75) is 46.1 Å². The lowest BCUT2D eigenvalue weighted by molar-refractivity contribution is 0.0390. The van der Waals surface area contributed by atoms with Gasteiger partial charge in [-0.25, -0.2) is 0 Å². The molecule has 0 aliphatic carbocycles. The molecule has 1 aromatic carbocycles. The number of Topliss-reactive ketones (excluding diaryl/α,β-unsaturated/α-hetero) is 1. The molecule has 0 amide bonds. The van der Waals surface area contributed by atoms with Crippen LogP contribution in [0.3, 0.4) is 0 Å². The largest absolute Gasteiger partial charge is 0.382 e. The molecule has 0 aliphatic heterocycles. The van der Waals surface area contributed by atoms with Crippen molar-refractivity contribution in [1.29, 1.82) is 0 Å². The van der Waals surface area contributed by atoms with Crippen molar-refractivity contribution >= 4 is 5.78 Å². The van der Waals surface area contributed by atoms with E-state index in [1.54, 1.807) is 13.0 Å². The van der Waals surface area contributed by atoms with Gasteiger partial charge in [0.25, 0.3) is 0 Å². The number of hydrogen-bond acceptors (Lipinski definition) is 2. The Bertz CT molecular complexity index is 392. The van der Waals surface area contributed by atoms with Gasteiger partial charge >= 0.3 is 0 Å². The molecule has 0 heterocycles. The molecule has 0 fully saturated rings. The molecule has 1 unspecified atom stereocenters. The second-order valence-corrected chi connectivity index (χ2v) is 5.25. The van der Waals surface area contributed by atoms with Crippen LogP contribution in [0.25, 0.3) is 0 Å². The third-order valence-electron chi connectivity index (χ3n) is 3.01. The number of carbonyl (C=O) groups is 1. The average Bonchev–Trinajstić information content (AvgIpc) is 2.27. The number of aliphatic hydroxyl groups is 1. The molecule has 0 aromatic heterocycles. The Morgan fingerprint density at radius 1 is 1.41 bits per heavy atom. The van der Waals surface area contributed by atoms with Crippen LogP contribution < -0.4 is 0 Å². The predicted octanol–water partition coefficient (Wildman–Crippen LogP) is 3.23. The first-order chi connectivity index (χ1) is 7.86. The van der Waals surface area contributed by atoms with E-state index in [1.165, 1.54) is 0 Å². The van der Waals surface area contributed by atoms with Gasteiger partial charge in [0.15, 0.2) is 5.78 Å². The minimum atomic E-state index is -1.25. The van der Waals surface area contributed by atoms with E-state index in [9.17, 15) is 9.90 Å². The van der Waals surface area contributed by atoms with E-state index < -0.39 is 5.60 Å². The highest BCUT2D eigenvalue weighted by Crippen LogP contribution is 2.18. The Balaban J connectivity index is 2.96. The third kappa shape index (κ3) is 3.67. The van der Waals surface area contributed by atoms with E-state index in [4.69, 9.17) is 0 Å². The van der Waals surface area contributed by atoms with Gasteiger partial charge in [-0.15, -0.1) is 0 Å². The molecule has 2 nitrogen and oxygen atoms in total. The lowest BCUT2D eigenvalue weighted by Gasteiger charge is -2.20. The number of ketones is 1. The van der Waals surface area contributed by atoms with Crippen LogP contribution in [0, 0.1) is 5.92 Å². The van der Waals surface area contributed by atoms with Gasteiger partial charge in [-0.2, -0.15) is 0 Å². The van der Waals surface area contributed by atoms with Crippen LogP contribution in [0.4, 0.5) is 0 Å². The maximum Gasteiger partial charge on any atom is 0.194 e. The topological polar surface area (TPSA) is 37.3 Å². The van der Waals surface area contributed by atoms with Crippen molar-refractivity contribution in [3.63, 3.8) is 0 Å². The molecule has 0 bridgehead atoms. The molecule has 0 saturated carbocycles. The molecular formula is C15H22O2. The Hall–Kier alpha value is -1.15. The zero-order valence-corrected chi connectivity index (χ0v) is 11.2. The summed E-state index contributed by atoms with van der Waals surface area (Å²) in [6.07, 6.45) is 1.38. The van der Waals surface area contributed by atoms with Crippen LogP contribution in [0.15, 0.2) is 24.3 Å². The summed E-state index contributed by atoms with van der Waals surface area (Å²) >= 11 is 0. The molecule has 1 atom stereocenters. The normalized spacial score (nSPS) is 14.7. The Morgan fingerprint density at radius 2 is 2.06 bits per heavy atom. The first-order valence-electron chi connectivity index (χ1n) is 6.23. The molecule has 0 aliphatic rings. The molecule has 0 spiro atoms. The van der Waals surface area contributed by atoms with Crippen LogP contribution in [0.5, 0.6) is 0 Å². The van der Waals surface area contributed by atoms with E-state index in [0.29, 0.717) is 17.9 Å². The smallest absolute Gasteiger partial charge is 0.194 e. The highest BCUT2D eigenvalue weighted by molar-refractivity contribution is 6.02. The van der Waals surface area contributed by atoms with E-state index in [-0.39, 0.29) is 5.78 Å². The predicted molar refractivity (Wildman–Crippen MR) is 70.2 cm³/mol. The summed E-state index contributed by atoms with van der Waals surface area (Å²) in [7, 11) is 0. The van der Waals surface area contributed by atoms with Gasteiger partial charge in [-0.05, 0) is 37.3 Å². The van der Waals surface area contributed by atoms with E-state index in [2.05, 4.69) is 13.8 Å². The fourth-order valence-electron chi connectivity index (χ4n) is 1.78. The quantitative estimate of drug-likeness (QED) is 0.794. The van der Waals surface area contributed by atoms with Gasteiger partial charge < -0.3 is 5.11 Å². The summed E-state index contributed by atoms with van der Waals surface area (Å²) in [6, 6.07) is 7.58. The van der Waals surface area contributed by atoms with Crippen molar-refractivity contribution in [2.75, 3.05) is 0 Å². The summed E-state index contributed by atoms with van der Waals surface area (Å²) < 4.78 is 0. The molecule has 94 valence electrons. The first kappa shape index (κ1) is 13.9. The standard InChI is InChI=1S/C15H22O2/c1-5-15(4,17)14(16)13-8-6-7-12(10-13)9-11(2)3/h6-8,10-11,17H,5,9H2,1-4H3. The maximum atomic E-state index is 12.1. The molecule has 17 heavy (non-hydrogen) atoms. The molecule has 1 N–H and O–H groups in total. The lowest BCUT2D eigenvalue weighted by atomic mass is 9.90. The van der Waals surface area contributed by atoms with Crippen LogP contribution in [0.2, 0.25) is 0 Å². The average molecular weight is 234 g/mol. The van der Waals surface area contributed by atoms with Crippen LogP contribution in [0.1, 0.15) is 50.0 Å². The number of benzene rings is 1. The third-order valence-corrected chi connectivity index (χ3v) is 3.01. The van der Waals surface area contributed by atoms with Crippen molar-refractivity contribution < 1.29 is 9.90 Å². The minimum absolute atomic E-state index is 0.189. The first-order valence-corrected chi connectivity index (χ1v) is 6.23. The van der Waals surface area contributed by atoms with Crippen molar-refractivity contribution in [3.8, 4) is 0 Å². The number of carbonyl (C=O) groups excluding carboxylic acids is 1.